The van der Waals surface area contributed by atoms with Crippen molar-refractivity contribution in [3.05, 3.63) is 12.3 Å². The van der Waals surface area contributed by atoms with Crippen LogP contribution in [0.25, 0.3) is 0 Å². The predicted octanol–water partition coefficient (Wildman–Crippen LogP) is 1.19. The molecule has 0 saturated heterocycles. The number of hydrogen-bond donors (Lipinski definition) is 1. The minimum atomic E-state index is -0.538. The van der Waals surface area contributed by atoms with E-state index in [1.807, 2.05) is 0 Å². The minimum Gasteiger partial charge on any atom is -0.420 e. The standard InChI is InChI=1S/C3H5Cl2NO/c4-3(5)1-2-7-6/h1-3H,6H2. The maximum absolute atomic E-state index is 5.20. The van der Waals surface area contributed by atoms with E-state index in [2.05, 4.69) is 10.7 Å². The predicted molar refractivity (Wildman–Crippen MR) is 29.9 cm³/mol. The Bertz CT molecular complexity index is 64.0. The summed E-state index contributed by atoms with van der Waals surface area (Å²) < 4.78 is 0. The maximum Gasteiger partial charge on any atom is 0.129 e. The van der Waals surface area contributed by atoms with Gasteiger partial charge in [0.25, 0.3) is 0 Å². The van der Waals surface area contributed by atoms with Crippen molar-refractivity contribution in [2.24, 2.45) is 5.90 Å². The Morgan fingerprint density at radius 2 is 2.14 bits per heavy atom. The van der Waals surface area contributed by atoms with Gasteiger partial charge in [-0.1, -0.05) is 0 Å². The molecule has 0 spiro atoms. The van der Waals surface area contributed by atoms with Gasteiger partial charge in [0.05, 0.1) is 0 Å². The second-order valence-corrected chi connectivity index (χ2v) is 1.96. The van der Waals surface area contributed by atoms with Gasteiger partial charge in [-0.05, 0) is 6.08 Å². The number of allylic oxidation sites excluding steroid dienone is 1. The molecule has 0 aromatic rings. The molecule has 0 heterocycles. The van der Waals surface area contributed by atoms with Gasteiger partial charge in [0.1, 0.15) is 11.1 Å². The number of nitrogens with two attached hydrogens (primary N) is 1. The fraction of sp³-hybridized carbons (Fsp3) is 0.333. The molecule has 42 valence electrons. The molecule has 0 aromatic carbocycles. The zero-order valence-corrected chi connectivity index (χ0v) is 4.99. The molecule has 0 amide bonds. The molecular formula is C3H5Cl2NO. The van der Waals surface area contributed by atoms with Crippen LogP contribution in [0.1, 0.15) is 0 Å². The van der Waals surface area contributed by atoms with Crippen molar-refractivity contribution < 1.29 is 4.84 Å². The van der Waals surface area contributed by atoms with Crippen molar-refractivity contribution in [2.45, 2.75) is 4.84 Å². The lowest BCUT2D eigenvalue weighted by Crippen LogP contribution is -1.89. The zero-order chi connectivity index (χ0) is 5.70. The highest BCUT2D eigenvalue weighted by Crippen LogP contribution is 2.01. The average molecular weight is 142 g/mol. The lowest BCUT2D eigenvalue weighted by atomic mass is 10.7. The molecule has 4 heteroatoms. The van der Waals surface area contributed by atoms with E-state index < -0.39 is 4.84 Å². The van der Waals surface area contributed by atoms with Crippen molar-refractivity contribution in [1.82, 2.24) is 0 Å². The van der Waals surface area contributed by atoms with Gasteiger partial charge in [0, 0.05) is 0 Å². The first-order valence-electron chi connectivity index (χ1n) is 1.57. The van der Waals surface area contributed by atoms with Crippen LogP contribution in [0.3, 0.4) is 0 Å². The highest BCUT2D eigenvalue weighted by atomic mass is 35.5. The topological polar surface area (TPSA) is 35.2 Å². The molecule has 0 atom stereocenters. The summed E-state index contributed by atoms with van der Waals surface area (Å²) in [4.78, 5) is 3.46. The summed E-state index contributed by atoms with van der Waals surface area (Å²) in [5, 5.41) is 0. The normalized spacial score (nSPS) is 10.9. The molecule has 0 aromatic heterocycles. The summed E-state index contributed by atoms with van der Waals surface area (Å²) in [5.74, 6) is 4.57. The van der Waals surface area contributed by atoms with Gasteiger partial charge >= 0.3 is 0 Å². The summed E-state index contributed by atoms with van der Waals surface area (Å²) in [6.07, 6.45) is 2.62. The Labute approximate surface area is 51.8 Å². The molecule has 0 bridgehead atoms. The van der Waals surface area contributed by atoms with Gasteiger partial charge in [0.15, 0.2) is 0 Å². The molecule has 0 aliphatic carbocycles. The largest absolute Gasteiger partial charge is 0.420 e. The highest BCUT2D eigenvalue weighted by molar-refractivity contribution is 6.45. The third kappa shape index (κ3) is 6.08. The lowest BCUT2D eigenvalue weighted by Gasteiger charge is -1.85. The fourth-order valence-electron chi connectivity index (χ4n) is 0.105. The Hall–Kier alpha value is 0.0800. The first-order valence-corrected chi connectivity index (χ1v) is 2.45. The van der Waals surface area contributed by atoms with Gasteiger partial charge in [-0.25, -0.2) is 0 Å². The summed E-state index contributed by atoms with van der Waals surface area (Å²) in [7, 11) is 0. The summed E-state index contributed by atoms with van der Waals surface area (Å²) in [5.41, 5.74) is 0. The molecule has 7 heavy (non-hydrogen) atoms. The number of alkyl halides is 2. The maximum atomic E-state index is 5.20. The van der Waals surface area contributed by atoms with E-state index in [1.54, 1.807) is 0 Å². The number of rotatable bonds is 2. The first-order chi connectivity index (χ1) is 3.27. The van der Waals surface area contributed by atoms with Crippen LogP contribution in [-0.2, 0) is 4.84 Å². The third-order valence-electron chi connectivity index (χ3n) is 0.303. The van der Waals surface area contributed by atoms with Gasteiger partial charge in [0.2, 0.25) is 0 Å². The Morgan fingerprint density at radius 3 is 2.29 bits per heavy atom. The van der Waals surface area contributed by atoms with Crippen LogP contribution in [0.5, 0.6) is 0 Å². The SMILES string of the molecule is NOC=CC(Cl)Cl. The molecule has 0 fully saturated rings. The summed E-state index contributed by atoms with van der Waals surface area (Å²) in [6.45, 7) is 0. The Balaban J connectivity index is 3.08. The van der Waals surface area contributed by atoms with Crippen molar-refractivity contribution in [3.8, 4) is 0 Å². The summed E-state index contributed by atoms with van der Waals surface area (Å²) in [6, 6.07) is 0. The van der Waals surface area contributed by atoms with Gasteiger partial charge in [-0.15, -0.1) is 23.2 Å². The molecule has 0 radical (unpaired) electrons. The molecule has 2 N–H and O–H groups in total. The molecule has 0 aliphatic heterocycles. The molecule has 2 nitrogen and oxygen atoms in total. The van der Waals surface area contributed by atoms with Crippen LogP contribution < -0.4 is 5.90 Å². The monoisotopic (exact) mass is 141 g/mol. The average Bonchev–Trinajstić information content (AvgIpc) is 1.61. The Morgan fingerprint density at radius 1 is 1.57 bits per heavy atom. The number of hydrogen-bond acceptors (Lipinski definition) is 2. The first kappa shape index (κ1) is 7.08. The van der Waals surface area contributed by atoms with E-state index >= 15 is 0 Å². The molecule has 0 saturated carbocycles. The molecule has 0 rings (SSSR count). The van der Waals surface area contributed by atoms with E-state index in [9.17, 15) is 0 Å². The van der Waals surface area contributed by atoms with Crippen LogP contribution in [0.15, 0.2) is 12.3 Å². The van der Waals surface area contributed by atoms with Crippen LogP contribution in [-0.4, -0.2) is 4.84 Å². The quantitative estimate of drug-likeness (QED) is 0.357. The van der Waals surface area contributed by atoms with E-state index in [0.29, 0.717) is 0 Å². The number of halogens is 2. The molecule has 0 unspecified atom stereocenters. The van der Waals surface area contributed by atoms with E-state index in [1.165, 1.54) is 12.3 Å². The molecule has 0 aliphatic rings. The van der Waals surface area contributed by atoms with Crippen LogP contribution in [0.4, 0.5) is 0 Å². The fourth-order valence-corrected chi connectivity index (χ4v) is 0.224. The zero-order valence-electron chi connectivity index (χ0n) is 3.47. The van der Waals surface area contributed by atoms with Gasteiger partial charge in [-0.2, -0.15) is 5.90 Å². The van der Waals surface area contributed by atoms with Gasteiger partial charge in [-0.3, -0.25) is 0 Å². The van der Waals surface area contributed by atoms with Crippen LogP contribution >= 0.6 is 23.2 Å². The van der Waals surface area contributed by atoms with Crippen LogP contribution in [0.2, 0.25) is 0 Å². The van der Waals surface area contributed by atoms with E-state index in [-0.39, 0.29) is 0 Å². The van der Waals surface area contributed by atoms with Gasteiger partial charge < -0.3 is 4.84 Å². The summed E-state index contributed by atoms with van der Waals surface area (Å²) >= 11 is 10.4. The second-order valence-electron chi connectivity index (χ2n) is 0.799. The molecular weight excluding hydrogens is 137 g/mol. The lowest BCUT2D eigenvalue weighted by molar-refractivity contribution is 0.260. The van der Waals surface area contributed by atoms with E-state index in [0.717, 1.165) is 0 Å². The van der Waals surface area contributed by atoms with Crippen molar-refractivity contribution >= 4 is 23.2 Å². The smallest absolute Gasteiger partial charge is 0.129 e. The Kier molecular flexibility index (Phi) is 4.29. The minimum absolute atomic E-state index is 0.538. The third-order valence-corrected chi connectivity index (χ3v) is 0.594. The van der Waals surface area contributed by atoms with Crippen LogP contribution in [0, 0.1) is 0 Å². The van der Waals surface area contributed by atoms with Crippen molar-refractivity contribution in [1.29, 1.82) is 0 Å². The van der Waals surface area contributed by atoms with Crippen molar-refractivity contribution in [3.63, 3.8) is 0 Å². The van der Waals surface area contributed by atoms with Crippen molar-refractivity contribution in [2.75, 3.05) is 0 Å². The second kappa shape index (κ2) is 4.24. The highest BCUT2D eigenvalue weighted by Gasteiger charge is 1.85. The van der Waals surface area contributed by atoms with E-state index in [4.69, 9.17) is 23.2 Å².